The monoisotopic (exact) mass is 308 g/mol. The Bertz CT molecular complexity index is 563. The molecule has 0 aromatic heterocycles. The Morgan fingerprint density at radius 1 is 1.27 bits per heavy atom. The smallest absolute Gasteiger partial charge is 0.407 e. The summed E-state index contributed by atoms with van der Waals surface area (Å²) in [6.07, 6.45) is -0.0595. The quantitative estimate of drug-likeness (QED) is 0.377. The maximum atomic E-state index is 12.0. The lowest BCUT2D eigenvalue weighted by Gasteiger charge is -2.19. The van der Waals surface area contributed by atoms with Crippen LogP contribution in [0, 0.1) is 10.1 Å². The van der Waals surface area contributed by atoms with E-state index in [4.69, 9.17) is 4.74 Å². The molecular formula is C15H20N2O5. The van der Waals surface area contributed by atoms with Crippen LogP contribution >= 0.6 is 0 Å². The number of carbonyl (C=O) groups is 2. The number of ketones is 1. The Labute approximate surface area is 128 Å². The third-order valence-corrected chi connectivity index (χ3v) is 2.65. The highest BCUT2D eigenvalue weighted by Gasteiger charge is 2.19. The zero-order valence-electron chi connectivity index (χ0n) is 12.9. The van der Waals surface area contributed by atoms with Gasteiger partial charge in [-0.05, 0) is 33.3 Å². The second-order valence-electron chi connectivity index (χ2n) is 5.73. The van der Waals surface area contributed by atoms with Crippen LogP contribution in [0.15, 0.2) is 24.3 Å². The van der Waals surface area contributed by atoms with Crippen LogP contribution in [0.4, 0.5) is 10.5 Å². The average molecular weight is 308 g/mol. The molecule has 0 radical (unpaired) electrons. The van der Waals surface area contributed by atoms with Gasteiger partial charge in [-0.1, -0.05) is 12.1 Å². The van der Waals surface area contributed by atoms with Crippen molar-refractivity contribution in [3.63, 3.8) is 0 Å². The second kappa shape index (κ2) is 7.53. The molecule has 1 aromatic rings. The summed E-state index contributed by atoms with van der Waals surface area (Å²) in [5, 5.41) is 13.4. The van der Waals surface area contributed by atoms with E-state index in [2.05, 4.69) is 5.32 Å². The van der Waals surface area contributed by atoms with Crippen LogP contribution in [0.2, 0.25) is 0 Å². The van der Waals surface area contributed by atoms with Gasteiger partial charge >= 0.3 is 6.09 Å². The van der Waals surface area contributed by atoms with Crippen molar-refractivity contribution in [2.24, 2.45) is 0 Å². The van der Waals surface area contributed by atoms with E-state index in [0.29, 0.717) is 6.42 Å². The first-order valence-electron chi connectivity index (χ1n) is 6.94. The molecule has 0 bridgehead atoms. The Kier molecular flexibility index (Phi) is 6.03. The number of nitrogens with zero attached hydrogens (tertiary/aromatic N) is 1. The summed E-state index contributed by atoms with van der Waals surface area (Å²) in [6.45, 7) is 5.53. The fourth-order valence-corrected chi connectivity index (χ4v) is 1.76. The van der Waals surface area contributed by atoms with Crippen LogP contribution in [0.1, 0.15) is 44.0 Å². The van der Waals surface area contributed by atoms with Gasteiger partial charge in [0.15, 0.2) is 5.78 Å². The van der Waals surface area contributed by atoms with Crippen molar-refractivity contribution >= 4 is 17.6 Å². The van der Waals surface area contributed by atoms with E-state index in [9.17, 15) is 19.7 Å². The van der Waals surface area contributed by atoms with Crippen molar-refractivity contribution in [3.05, 3.63) is 39.9 Å². The molecule has 0 spiro atoms. The largest absolute Gasteiger partial charge is 0.444 e. The number of rotatable bonds is 6. The molecule has 0 heterocycles. The lowest BCUT2D eigenvalue weighted by atomic mass is 10.0. The number of ether oxygens (including phenoxy) is 1. The van der Waals surface area contributed by atoms with E-state index in [-0.39, 0.29) is 30.0 Å². The molecule has 1 N–H and O–H groups in total. The van der Waals surface area contributed by atoms with Gasteiger partial charge in [-0.15, -0.1) is 0 Å². The van der Waals surface area contributed by atoms with E-state index < -0.39 is 16.6 Å². The third kappa shape index (κ3) is 5.90. The van der Waals surface area contributed by atoms with Gasteiger partial charge in [0.05, 0.1) is 10.5 Å². The van der Waals surface area contributed by atoms with Crippen molar-refractivity contribution in [1.82, 2.24) is 5.32 Å². The van der Waals surface area contributed by atoms with E-state index in [0.717, 1.165) is 0 Å². The molecular weight excluding hydrogens is 288 g/mol. The fourth-order valence-electron chi connectivity index (χ4n) is 1.76. The summed E-state index contributed by atoms with van der Waals surface area (Å²) in [5.41, 5.74) is -0.692. The molecule has 1 rings (SSSR count). The van der Waals surface area contributed by atoms with Crippen molar-refractivity contribution < 1.29 is 19.2 Å². The molecule has 0 aliphatic rings. The number of alkyl carbamates (subject to hydrolysis) is 1. The zero-order valence-corrected chi connectivity index (χ0v) is 12.9. The first kappa shape index (κ1) is 17.6. The summed E-state index contributed by atoms with van der Waals surface area (Å²) in [5.74, 6) is -0.321. The number of hydrogen-bond donors (Lipinski definition) is 1. The van der Waals surface area contributed by atoms with Crippen molar-refractivity contribution in [2.45, 2.75) is 39.2 Å². The molecule has 0 saturated heterocycles. The minimum Gasteiger partial charge on any atom is -0.444 e. The molecule has 120 valence electrons. The van der Waals surface area contributed by atoms with Gasteiger partial charge in [-0.2, -0.15) is 0 Å². The molecule has 0 saturated carbocycles. The number of nitro benzene ring substituents is 1. The standard InChI is InChI=1S/C15H20N2O5/c1-15(2,3)22-14(19)16-10-6-9-13(18)11-7-4-5-8-12(11)17(20)21/h4-5,7-8H,6,9-10H2,1-3H3,(H,16,19). The number of amides is 1. The third-order valence-electron chi connectivity index (χ3n) is 2.65. The van der Waals surface area contributed by atoms with E-state index in [1.165, 1.54) is 18.2 Å². The van der Waals surface area contributed by atoms with E-state index in [1.807, 2.05) is 0 Å². The summed E-state index contributed by atoms with van der Waals surface area (Å²) < 4.78 is 5.06. The number of Topliss-reactive ketones (excluding diaryl/α,β-unsaturated/α-hetero) is 1. The minimum atomic E-state index is -0.579. The van der Waals surface area contributed by atoms with Gasteiger partial charge in [0.25, 0.3) is 5.69 Å². The predicted octanol–water partition coefficient (Wildman–Crippen LogP) is 3.08. The molecule has 0 fully saturated rings. The normalized spacial score (nSPS) is 10.9. The fraction of sp³-hybridized carbons (Fsp3) is 0.467. The summed E-state index contributed by atoms with van der Waals surface area (Å²) in [7, 11) is 0. The average Bonchev–Trinajstić information content (AvgIpc) is 2.41. The SMILES string of the molecule is CC(C)(C)OC(=O)NCCCC(=O)c1ccccc1[N+](=O)[O-]. The number of benzene rings is 1. The lowest BCUT2D eigenvalue weighted by Crippen LogP contribution is -2.33. The Hall–Kier alpha value is -2.44. The first-order chi connectivity index (χ1) is 10.2. The van der Waals surface area contributed by atoms with Crippen LogP contribution in [0.3, 0.4) is 0 Å². The lowest BCUT2D eigenvalue weighted by molar-refractivity contribution is -0.385. The number of nitro groups is 1. The molecule has 0 aliphatic heterocycles. The van der Waals surface area contributed by atoms with Gasteiger partial charge in [-0.3, -0.25) is 14.9 Å². The second-order valence-corrected chi connectivity index (χ2v) is 5.73. The van der Waals surface area contributed by atoms with Gasteiger partial charge in [0, 0.05) is 19.0 Å². The van der Waals surface area contributed by atoms with Crippen molar-refractivity contribution in [3.8, 4) is 0 Å². The Morgan fingerprint density at radius 3 is 2.50 bits per heavy atom. The molecule has 0 aliphatic carbocycles. The van der Waals surface area contributed by atoms with Gasteiger partial charge in [0.1, 0.15) is 5.60 Å². The van der Waals surface area contributed by atoms with Crippen LogP contribution in [-0.4, -0.2) is 28.9 Å². The maximum absolute atomic E-state index is 12.0. The van der Waals surface area contributed by atoms with Crippen LogP contribution in [0.25, 0.3) is 0 Å². The molecule has 1 aromatic carbocycles. The highest BCUT2D eigenvalue weighted by Crippen LogP contribution is 2.19. The minimum absolute atomic E-state index is 0.0877. The number of hydrogen-bond acceptors (Lipinski definition) is 5. The van der Waals surface area contributed by atoms with Crippen LogP contribution < -0.4 is 5.32 Å². The molecule has 7 heteroatoms. The highest BCUT2D eigenvalue weighted by atomic mass is 16.6. The Morgan fingerprint density at radius 2 is 1.91 bits per heavy atom. The summed E-state index contributed by atoms with van der Waals surface area (Å²) in [4.78, 5) is 33.7. The zero-order chi connectivity index (χ0) is 16.8. The van der Waals surface area contributed by atoms with Gasteiger partial charge < -0.3 is 10.1 Å². The van der Waals surface area contributed by atoms with Crippen molar-refractivity contribution in [2.75, 3.05) is 6.54 Å². The Balaban J connectivity index is 2.45. The van der Waals surface area contributed by atoms with E-state index >= 15 is 0 Å². The van der Waals surface area contributed by atoms with Crippen molar-refractivity contribution in [1.29, 1.82) is 0 Å². The number of para-hydroxylation sites is 1. The topological polar surface area (TPSA) is 98.5 Å². The van der Waals surface area contributed by atoms with E-state index in [1.54, 1.807) is 26.8 Å². The first-order valence-corrected chi connectivity index (χ1v) is 6.94. The summed E-state index contributed by atoms with van der Waals surface area (Å²) in [6, 6.07) is 5.83. The molecule has 1 amide bonds. The highest BCUT2D eigenvalue weighted by molar-refractivity contribution is 5.99. The summed E-state index contributed by atoms with van der Waals surface area (Å²) >= 11 is 0. The maximum Gasteiger partial charge on any atom is 0.407 e. The number of carbonyl (C=O) groups excluding carboxylic acids is 2. The molecule has 0 unspecified atom stereocenters. The van der Waals surface area contributed by atoms with Gasteiger partial charge in [0.2, 0.25) is 0 Å². The van der Waals surface area contributed by atoms with Gasteiger partial charge in [-0.25, -0.2) is 4.79 Å². The molecule has 0 atom stereocenters. The van der Waals surface area contributed by atoms with Crippen LogP contribution in [-0.2, 0) is 4.74 Å². The molecule has 7 nitrogen and oxygen atoms in total. The molecule has 22 heavy (non-hydrogen) atoms. The predicted molar refractivity (Wildman–Crippen MR) is 80.9 cm³/mol. The van der Waals surface area contributed by atoms with Crippen LogP contribution in [0.5, 0.6) is 0 Å². The number of nitrogens with one attached hydrogen (secondary N) is 1.